The molecule has 0 radical (unpaired) electrons. The van der Waals surface area contributed by atoms with E-state index in [0.717, 1.165) is 31.5 Å². The van der Waals surface area contributed by atoms with E-state index in [1.165, 1.54) is 41.6 Å². The first-order chi connectivity index (χ1) is 22.7. The molecule has 47 heavy (non-hydrogen) atoms. The van der Waals surface area contributed by atoms with Crippen LogP contribution in [0, 0.1) is 18.2 Å². The Morgan fingerprint density at radius 2 is 1.91 bits per heavy atom. The molecule has 1 amide bonds. The Labute approximate surface area is 268 Å². The summed E-state index contributed by atoms with van der Waals surface area (Å²) in [7, 11) is 1.99. The van der Waals surface area contributed by atoms with Gasteiger partial charge in [0.2, 0.25) is 6.54 Å². The second-order valence-electron chi connectivity index (χ2n) is 11.4. The van der Waals surface area contributed by atoms with Crippen molar-refractivity contribution in [3.05, 3.63) is 83.5 Å². The number of hydrogen-bond acceptors (Lipinski definition) is 9. The molecule has 242 valence electrons. The van der Waals surface area contributed by atoms with Crippen molar-refractivity contribution in [3.63, 3.8) is 0 Å². The fourth-order valence-corrected chi connectivity index (χ4v) is 6.04. The zero-order valence-electron chi connectivity index (χ0n) is 25.5. The summed E-state index contributed by atoms with van der Waals surface area (Å²) in [6.07, 6.45) is 5.73. The number of rotatable bonds is 8. The number of aromatic nitrogens is 4. The highest BCUT2D eigenvalue weighted by Gasteiger charge is 2.36. The largest absolute Gasteiger partial charge is 0.507 e. The summed E-state index contributed by atoms with van der Waals surface area (Å²) < 4.78 is 52.1. The number of likely N-dealkylation sites (tertiary alicyclic amines) is 1. The zero-order valence-corrected chi connectivity index (χ0v) is 25.5. The molecule has 0 saturated carbocycles. The second kappa shape index (κ2) is 13.6. The molecule has 2 aliphatic heterocycles. The summed E-state index contributed by atoms with van der Waals surface area (Å²) in [6.45, 7) is 8.85. The van der Waals surface area contributed by atoms with Crippen LogP contribution in [0.4, 0.5) is 19.0 Å². The van der Waals surface area contributed by atoms with Gasteiger partial charge < -0.3 is 29.4 Å². The fraction of sp³-hybridized carbons (Fsp3) is 0.333. The molecule has 2 saturated heterocycles. The average molecular weight is 645 g/mol. The van der Waals surface area contributed by atoms with Gasteiger partial charge in [0.1, 0.15) is 35.6 Å². The molecule has 2 atom stereocenters. The molecule has 1 N–H and O–H groups in total. The first-order valence-corrected chi connectivity index (χ1v) is 15.1. The van der Waals surface area contributed by atoms with E-state index in [1.54, 1.807) is 11.0 Å². The van der Waals surface area contributed by atoms with E-state index in [-0.39, 0.29) is 78.5 Å². The predicted octanol–water partition coefficient (Wildman–Crippen LogP) is 4.49. The normalized spacial score (nSPS) is 18.8. The maximum absolute atomic E-state index is 16.3. The van der Waals surface area contributed by atoms with Crippen LogP contribution in [0.5, 0.6) is 11.8 Å². The minimum Gasteiger partial charge on any atom is -0.507 e. The Hall–Kier alpha value is -5.29. The molecule has 2 aromatic carbocycles. The first-order valence-electron chi connectivity index (χ1n) is 15.1. The Kier molecular flexibility index (Phi) is 9.17. The van der Waals surface area contributed by atoms with Gasteiger partial charge in [-0.1, -0.05) is 12.1 Å². The second-order valence-corrected chi connectivity index (χ2v) is 11.4. The molecule has 0 bridgehead atoms. The summed E-state index contributed by atoms with van der Waals surface area (Å²) in [4.78, 5) is 38.8. The van der Waals surface area contributed by atoms with Crippen LogP contribution < -0.4 is 9.64 Å². The van der Waals surface area contributed by atoms with E-state index in [2.05, 4.69) is 29.7 Å². The van der Waals surface area contributed by atoms with E-state index in [1.807, 2.05) is 7.05 Å². The fourth-order valence-electron chi connectivity index (χ4n) is 6.04. The molecular weight excluding hydrogens is 613 g/mol. The third-order valence-corrected chi connectivity index (χ3v) is 8.49. The summed E-state index contributed by atoms with van der Waals surface area (Å²) in [6, 6.07) is 7.45. The van der Waals surface area contributed by atoms with E-state index in [0.29, 0.717) is 0 Å². The molecule has 0 spiro atoms. The van der Waals surface area contributed by atoms with Gasteiger partial charge in [-0.25, -0.2) is 29.7 Å². The number of aromatic hydroxyl groups is 1. The number of nitrogens with zero attached hydrogens (tertiary/aromatic N) is 8. The number of carbonyl (C=O) groups is 1. The zero-order chi connectivity index (χ0) is 33.1. The van der Waals surface area contributed by atoms with Crippen LogP contribution in [0.3, 0.4) is 0 Å². The van der Waals surface area contributed by atoms with Crippen molar-refractivity contribution in [2.45, 2.75) is 24.9 Å². The number of piperazine rings is 1. The van der Waals surface area contributed by atoms with E-state index < -0.39 is 35.2 Å². The van der Waals surface area contributed by atoms with Gasteiger partial charge >= 0.3 is 6.01 Å². The number of likely N-dealkylation sites (N-methyl/N-ethyl adjacent to an activating group) is 1. The summed E-state index contributed by atoms with van der Waals surface area (Å²) >= 11 is 0. The van der Waals surface area contributed by atoms with Crippen molar-refractivity contribution in [3.8, 4) is 22.9 Å². The molecular formula is C33H31F3N8O3. The smallest absolute Gasteiger partial charge is 0.319 e. The average Bonchev–Trinajstić information content (AvgIpc) is 3.49. The Morgan fingerprint density at radius 1 is 1.11 bits per heavy atom. The molecule has 2 fully saturated rings. The number of anilines is 1. The highest BCUT2D eigenvalue weighted by Crippen LogP contribution is 2.38. The highest BCUT2D eigenvalue weighted by atomic mass is 19.1. The SMILES string of the molecule is [C-]#[N+]C[C@H]1CN(c2nc(OC[C@@H]3CCCN3C)nc3c(F)c(-c4c(O)cccc4F)ccc23)CCN1C(=O)/C(F)=C/c1ncccn1. The number of carbonyl (C=O) groups excluding carboxylic acids is 1. The van der Waals surface area contributed by atoms with E-state index >= 15 is 8.78 Å². The van der Waals surface area contributed by atoms with Crippen molar-refractivity contribution in [1.82, 2.24) is 29.7 Å². The van der Waals surface area contributed by atoms with Gasteiger partial charge in [0, 0.05) is 55.1 Å². The minimum atomic E-state index is -1.06. The van der Waals surface area contributed by atoms with Crippen LogP contribution >= 0.6 is 0 Å². The lowest BCUT2D eigenvalue weighted by molar-refractivity contribution is -0.130. The van der Waals surface area contributed by atoms with Crippen molar-refractivity contribution < 1.29 is 27.8 Å². The third-order valence-electron chi connectivity index (χ3n) is 8.49. The Balaban J connectivity index is 1.36. The van der Waals surface area contributed by atoms with E-state index in [4.69, 9.17) is 11.3 Å². The van der Waals surface area contributed by atoms with Crippen LogP contribution in [0.1, 0.15) is 18.7 Å². The first kappa shape index (κ1) is 31.7. The lowest BCUT2D eigenvalue weighted by Gasteiger charge is -2.39. The third kappa shape index (κ3) is 6.52. The number of benzene rings is 2. The van der Waals surface area contributed by atoms with Gasteiger partial charge in [0.05, 0.1) is 5.56 Å². The van der Waals surface area contributed by atoms with Crippen LogP contribution in [-0.4, -0.2) is 99.2 Å². The maximum atomic E-state index is 16.3. The monoisotopic (exact) mass is 644 g/mol. The molecule has 2 aliphatic rings. The molecule has 4 heterocycles. The number of fused-ring (bicyclic) bond motifs is 1. The van der Waals surface area contributed by atoms with Gasteiger partial charge in [-0.05, 0) is 50.7 Å². The van der Waals surface area contributed by atoms with Crippen molar-refractivity contribution in [2.75, 3.05) is 51.3 Å². The van der Waals surface area contributed by atoms with Crippen LogP contribution in [0.25, 0.3) is 33.0 Å². The molecule has 6 rings (SSSR count). The summed E-state index contributed by atoms with van der Waals surface area (Å²) in [5.74, 6) is -3.76. The topological polar surface area (TPSA) is 112 Å². The predicted molar refractivity (Wildman–Crippen MR) is 168 cm³/mol. The standard InChI is InChI=1S/C33H31F3N8O3/c1-37-17-21-18-43(14-15-44(21)32(46)25(35)16-27-38-11-5-12-39-27)31-23-10-9-22(28-24(34)7-3-8-26(28)45)29(36)30(23)40-33(41-31)47-19-20-6-4-13-42(20)2/h3,5,7-12,16,20-21,45H,4,6,13-15,17-19H2,2H3/b25-16-/t20-,21-/m0/s1. The van der Waals surface area contributed by atoms with Gasteiger partial charge in [-0.3, -0.25) is 4.79 Å². The molecule has 11 nitrogen and oxygen atoms in total. The van der Waals surface area contributed by atoms with Crippen LogP contribution in [0.2, 0.25) is 0 Å². The Bertz CT molecular complexity index is 1850. The lowest BCUT2D eigenvalue weighted by Crippen LogP contribution is -2.56. The minimum absolute atomic E-state index is 0.0348. The maximum Gasteiger partial charge on any atom is 0.319 e. The molecule has 0 aliphatic carbocycles. The summed E-state index contributed by atoms with van der Waals surface area (Å²) in [5, 5.41) is 10.7. The lowest BCUT2D eigenvalue weighted by atomic mass is 10.0. The van der Waals surface area contributed by atoms with Gasteiger partial charge in [-0.2, -0.15) is 9.97 Å². The van der Waals surface area contributed by atoms with Crippen LogP contribution in [0.15, 0.2) is 54.6 Å². The van der Waals surface area contributed by atoms with Crippen molar-refractivity contribution in [2.24, 2.45) is 0 Å². The molecule has 4 aromatic rings. The number of hydrogen-bond donors (Lipinski definition) is 1. The molecule has 0 unspecified atom stereocenters. The number of amides is 1. The molecule has 2 aromatic heterocycles. The van der Waals surface area contributed by atoms with Gasteiger partial charge in [0.25, 0.3) is 5.91 Å². The van der Waals surface area contributed by atoms with Gasteiger partial charge in [-0.15, -0.1) is 0 Å². The number of phenols is 1. The van der Waals surface area contributed by atoms with Crippen molar-refractivity contribution in [1.29, 1.82) is 0 Å². The Morgan fingerprint density at radius 3 is 2.64 bits per heavy atom. The van der Waals surface area contributed by atoms with Gasteiger partial charge in [0.15, 0.2) is 17.5 Å². The van der Waals surface area contributed by atoms with Crippen LogP contribution in [-0.2, 0) is 4.79 Å². The van der Waals surface area contributed by atoms with E-state index in [9.17, 15) is 14.3 Å². The summed E-state index contributed by atoms with van der Waals surface area (Å²) in [5.41, 5.74) is -0.644. The quantitative estimate of drug-likeness (QED) is 0.219. The molecule has 14 heteroatoms. The number of halogens is 3. The number of ether oxygens (including phenoxy) is 1. The number of phenolic OH excluding ortho intramolecular Hbond substituents is 1. The highest BCUT2D eigenvalue weighted by molar-refractivity contribution is 5.96. The van der Waals surface area contributed by atoms with Crippen molar-refractivity contribution >= 4 is 28.7 Å².